The lowest BCUT2D eigenvalue weighted by atomic mass is 10.1. The second-order valence-corrected chi connectivity index (χ2v) is 5.48. The zero-order valence-electron chi connectivity index (χ0n) is 11.3. The molecule has 2 rings (SSSR count). The molecule has 0 aromatic heterocycles. The quantitative estimate of drug-likeness (QED) is 0.828. The van der Waals surface area contributed by atoms with Crippen LogP contribution in [0.5, 0.6) is 0 Å². The molecule has 0 unspecified atom stereocenters. The van der Waals surface area contributed by atoms with Crippen molar-refractivity contribution in [2.24, 2.45) is 0 Å². The summed E-state index contributed by atoms with van der Waals surface area (Å²) in [6, 6.07) is 8.87. The fraction of sp³-hybridized carbons (Fsp3) is 0.429. The van der Waals surface area contributed by atoms with Crippen molar-refractivity contribution in [3.63, 3.8) is 0 Å². The highest BCUT2D eigenvalue weighted by Crippen LogP contribution is 2.21. The van der Waals surface area contributed by atoms with Crippen molar-refractivity contribution in [2.75, 3.05) is 11.4 Å². The van der Waals surface area contributed by atoms with Gasteiger partial charge >= 0.3 is 6.09 Å². The van der Waals surface area contributed by atoms with Crippen LogP contribution in [0.3, 0.4) is 0 Å². The van der Waals surface area contributed by atoms with Gasteiger partial charge in [0.2, 0.25) is 0 Å². The van der Waals surface area contributed by atoms with Gasteiger partial charge in [-0.1, -0.05) is 18.2 Å². The van der Waals surface area contributed by atoms with E-state index in [1.54, 1.807) is 25.7 Å². The van der Waals surface area contributed by atoms with E-state index in [0.29, 0.717) is 6.54 Å². The summed E-state index contributed by atoms with van der Waals surface area (Å²) in [4.78, 5) is 25.1. The highest BCUT2D eigenvalue weighted by Gasteiger charge is 2.39. The highest BCUT2D eigenvalue weighted by atomic mass is 16.6. The Morgan fingerprint density at radius 1 is 1.32 bits per heavy atom. The molecule has 5 heteroatoms. The lowest BCUT2D eigenvalue weighted by molar-refractivity contribution is -0.124. The Hall–Kier alpha value is -2.04. The molecule has 0 bridgehead atoms. The Labute approximate surface area is 112 Å². The fourth-order valence-electron chi connectivity index (χ4n) is 1.82. The molecule has 1 aromatic carbocycles. The summed E-state index contributed by atoms with van der Waals surface area (Å²) in [6.45, 7) is 5.82. The number of hydrogen-bond donors (Lipinski definition) is 1. The van der Waals surface area contributed by atoms with Crippen LogP contribution < -0.4 is 10.2 Å². The summed E-state index contributed by atoms with van der Waals surface area (Å²) < 4.78 is 5.11. The molecule has 1 atom stereocenters. The Kier molecular flexibility index (Phi) is 3.46. The maximum absolute atomic E-state index is 11.9. The zero-order valence-corrected chi connectivity index (χ0v) is 11.3. The number of alkyl carbamates (subject to hydrolysis) is 1. The molecule has 1 heterocycles. The third-order valence-corrected chi connectivity index (χ3v) is 2.69. The molecule has 0 saturated carbocycles. The van der Waals surface area contributed by atoms with Gasteiger partial charge in [0.15, 0.2) is 0 Å². The second-order valence-electron chi connectivity index (χ2n) is 5.48. The lowest BCUT2D eigenvalue weighted by Crippen LogP contribution is -2.64. The molecule has 5 nitrogen and oxygen atoms in total. The number of nitrogens with zero attached hydrogens (tertiary/aromatic N) is 1. The minimum atomic E-state index is -0.560. The van der Waals surface area contributed by atoms with Gasteiger partial charge in [0.25, 0.3) is 5.91 Å². The first-order valence-electron chi connectivity index (χ1n) is 6.23. The number of ether oxygens (including phenoxy) is 1. The SMILES string of the molecule is CC(C)(C)OC(=O)N[C@H]1CN(c2ccccc2)C1=O. The molecule has 1 aliphatic heterocycles. The van der Waals surface area contributed by atoms with Gasteiger partial charge in [-0.2, -0.15) is 0 Å². The average Bonchev–Trinajstić information content (AvgIpc) is 2.32. The lowest BCUT2D eigenvalue weighted by Gasteiger charge is -2.38. The van der Waals surface area contributed by atoms with Gasteiger partial charge in [0, 0.05) is 5.69 Å². The summed E-state index contributed by atoms with van der Waals surface area (Å²) in [7, 11) is 0. The molecule has 1 aliphatic rings. The third kappa shape index (κ3) is 3.24. The van der Waals surface area contributed by atoms with E-state index in [0.717, 1.165) is 5.69 Å². The van der Waals surface area contributed by atoms with Crippen LogP contribution in [0, 0.1) is 0 Å². The van der Waals surface area contributed by atoms with Gasteiger partial charge in [0.1, 0.15) is 11.6 Å². The monoisotopic (exact) mass is 262 g/mol. The van der Waals surface area contributed by atoms with E-state index in [1.165, 1.54) is 0 Å². The molecule has 1 N–H and O–H groups in total. The minimum absolute atomic E-state index is 0.114. The van der Waals surface area contributed by atoms with Crippen LogP contribution in [-0.4, -0.2) is 30.2 Å². The van der Waals surface area contributed by atoms with E-state index < -0.39 is 17.7 Å². The number of carbonyl (C=O) groups is 2. The molecule has 1 saturated heterocycles. The second kappa shape index (κ2) is 4.91. The number of rotatable bonds is 2. The van der Waals surface area contributed by atoms with E-state index in [4.69, 9.17) is 4.74 Å². The fourth-order valence-corrected chi connectivity index (χ4v) is 1.82. The molecule has 102 valence electrons. The van der Waals surface area contributed by atoms with Gasteiger partial charge < -0.3 is 15.0 Å². The first kappa shape index (κ1) is 13.4. The van der Waals surface area contributed by atoms with E-state index in [-0.39, 0.29) is 5.91 Å². The first-order valence-corrected chi connectivity index (χ1v) is 6.23. The predicted octanol–water partition coefficient (Wildman–Crippen LogP) is 1.93. The van der Waals surface area contributed by atoms with Crippen LogP contribution in [-0.2, 0) is 9.53 Å². The maximum atomic E-state index is 11.9. The van der Waals surface area contributed by atoms with E-state index >= 15 is 0 Å². The number of benzene rings is 1. The van der Waals surface area contributed by atoms with Crippen molar-refractivity contribution in [2.45, 2.75) is 32.4 Å². The zero-order chi connectivity index (χ0) is 14.0. The topological polar surface area (TPSA) is 58.6 Å². The van der Waals surface area contributed by atoms with Crippen molar-refractivity contribution in [3.8, 4) is 0 Å². The van der Waals surface area contributed by atoms with Gasteiger partial charge in [-0.3, -0.25) is 4.79 Å². The Bertz CT molecular complexity index is 479. The number of β-lactam (4-membered cyclic amide) rings is 1. The van der Waals surface area contributed by atoms with Crippen LogP contribution >= 0.6 is 0 Å². The van der Waals surface area contributed by atoms with Crippen LogP contribution in [0.15, 0.2) is 30.3 Å². The maximum Gasteiger partial charge on any atom is 0.408 e. The molecule has 0 radical (unpaired) electrons. The number of para-hydroxylation sites is 1. The minimum Gasteiger partial charge on any atom is -0.444 e. The molecule has 19 heavy (non-hydrogen) atoms. The van der Waals surface area contributed by atoms with E-state index in [1.807, 2.05) is 30.3 Å². The van der Waals surface area contributed by atoms with Crippen LogP contribution in [0.4, 0.5) is 10.5 Å². The van der Waals surface area contributed by atoms with E-state index in [2.05, 4.69) is 5.32 Å². The Morgan fingerprint density at radius 2 is 1.95 bits per heavy atom. The smallest absolute Gasteiger partial charge is 0.408 e. The molecule has 1 fully saturated rings. The summed E-state index contributed by atoms with van der Waals surface area (Å²) in [6.07, 6.45) is -0.557. The number of anilines is 1. The molecule has 0 spiro atoms. The van der Waals surface area contributed by atoms with Gasteiger partial charge in [-0.05, 0) is 32.9 Å². The Balaban J connectivity index is 1.87. The van der Waals surface area contributed by atoms with Gasteiger partial charge in [-0.25, -0.2) is 4.79 Å². The molecule has 1 aromatic rings. The third-order valence-electron chi connectivity index (χ3n) is 2.69. The number of carbonyl (C=O) groups excluding carboxylic acids is 2. The molecule has 2 amide bonds. The Morgan fingerprint density at radius 3 is 2.47 bits per heavy atom. The summed E-state index contributed by atoms with van der Waals surface area (Å²) >= 11 is 0. The van der Waals surface area contributed by atoms with E-state index in [9.17, 15) is 9.59 Å². The number of nitrogens with one attached hydrogen (secondary N) is 1. The summed E-state index contributed by atoms with van der Waals surface area (Å²) in [5.74, 6) is -0.114. The molecule has 0 aliphatic carbocycles. The van der Waals surface area contributed by atoms with Crippen LogP contribution in [0.1, 0.15) is 20.8 Å². The van der Waals surface area contributed by atoms with Crippen LogP contribution in [0.2, 0.25) is 0 Å². The normalized spacial score (nSPS) is 18.8. The molecular formula is C14H18N2O3. The predicted molar refractivity (Wildman–Crippen MR) is 72.0 cm³/mol. The van der Waals surface area contributed by atoms with Crippen molar-refractivity contribution in [1.82, 2.24) is 5.32 Å². The largest absolute Gasteiger partial charge is 0.444 e. The van der Waals surface area contributed by atoms with Gasteiger partial charge in [0.05, 0.1) is 6.54 Å². The number of hydrogen-bond acceptors (Lipinski definition) is 3. The standard InChI is InChI=1S/C14H18N2O3/c1-14(2,3)19-13(18)15-11-9-16(12(11)17)10-7-5-4-6-8-10/h4-8,11H,9H2,1-3H3,(H,15,18)/t11-/m0/s1. The summed E-state index contributed by atoms with van der Waals surface area (Å²) in [5, 5.41) is 2.57. The van der Waals surface area contributed by atoms with Gasteiger partial charge in [-0.15, -0.1) is 0 Å². The first-order chi connectivity index (χ1) is 8.87. The van der Waals surface area contributed by atoms with Crippen LogP contribution in [0.25, 0.3) is 0 Å². The number of amides is 2. The average molecular weight is 262 g/mol. The van der Waals surface area contributed by atoms with Crippen molar-refractivity contribution >= 4 is 17.7 Å². The summed E-state index contributed by atoms with van der Waals surface area (Å²) in [5.41, 5.74) is 0.283. The van der Waals surface area contributed by atoms with Crippen molar-refractivity contribution in [1.29, 1.82) is 0 Å². The van der Waals surface area contributed by atoms with Crippen molar-refractivity contribution in [3.05, 3.63) is 30.3 Å². The molecular weight excluding hydrogens is 244 g/mol. The van der Waals surface area contributed by atoms with Crippen molar-refractivity contribution < 1.29 is 14.3 Å². The highest BCUT2D eigenvalue weighted by molar-refractivity contribution is 6.05.